The van der Waals surface area contributed by atoms with Gasteiger partial charge in [0.25, 0.3) is 5.91 Å². The third-order valence-electron chi connectivity index (χ3n) is 2.87. The number of carbonyl (C=O) groups is 2. The van der Waals surface area contributed by atoms with Crippen LogP contribution in [-0.4, -0.2) is 47.9 Å². The molecule has 2 amide bonds. The summed E-state index contributed by atoms with van der Waals surface area (Å²) in [5.74, 6) is 1.73. The number of benzene rings is 1. The molecule has 0 radical (unpaired) electrons. The number of thioether (sulfide) groups is 1. The molecule has 0 aromatic heterocycles. The first-order valence-corrected chi connectivity index (χ1v) is 8.01. The van der Waals surface area contributed by atoms with E-state index in [-0.39, 0.29) is 18.4 Å². The van der Waals surface area contributed by atoms with Crippen LogP contribution in [0.5, 0.6) is 0 Å². The number of amides is 2. The molecule has 0 bridgehead atoms. The molecule has 1 aliphatic rings. The van der Waals surface area contributed by atoms with Crippen LogP contribution >= 0.6 is 27.7 Å². The quantitative estimate of drug-likeness (QED) is 0.910. The van der Waals surface area contributed by atoms with Gasteiger partial charge in [-0.3, -0.25) is 9.59 Å². The van der Waals surface area contributed by atoms with Crippen LogP contribution in [0.4, 0.5) is 0 Å². The minimum Gasteiger partial charge on any atom is -0.343 e. The lowest BCUT2D eigenvalue weighted by molar-refractivity contribution is -0.129. The van der Waals surface area contributed by atoms with E-state index in [1.807, 2.05) is 11.8 Å². The van der Waals surface area contributed by atoms with Gasteiger partial charge in [0.1, 0.15) is 0 Å². The van der Waals surface area contributed by atoms with Crippen molar-refractivity contribution < 1.29 is 9.59 Å². The van der Waals surface area contributed by atoms with E-state index in [4.69, 9.17) is 0 Å². The van der Waals surface area contributed by atoms with Crippen LogP contribution in [0.25, 0.3) is 0 Å². The van der Waals surface area contributed by atoms with Crippen LogP contribution in [0.2, 0.25) is 0 Å². The fourth-order valence-corrected chi connectivity index (χ4v) is 2.95. The second-order valence-electron chi connectivity index (χ2n) is 4.18. The summed E-state index contributed by atoms with van der Waals surface area (Å²) in [5.41, 5.74) is 0.560. The molecule has 1 N–H and O–H groups in total. The van der Waals surface area contributed by atoms with E-state index in [1.54, 1.807) is 29.2 Å². The minimum atomic E-state index is -0.216. The van der Waals surface area contributed by atoms with Gasteiger partial charge in [0.15, 0.2) is 0 Å². The summed E-state index contributed by atoms with van der Waals surface area (Å²) in [6.45, 7) is 1.62. The van der Waals surface area contributed by atoms with Gasteiger partial charge in [-0.25, -0.2) is 0 Å². The van der Waals surface area contributed by atoms with Crippen molar-refractivity contribution in [3.63, 3.8) is 0 Å². The Labute approximate surface area is 125 Å². The predicted octanol–water partition coefficient (Wildman–Crippen LogP) is 1.75. The molecule has 0 aliphatic carbocycles. The first-order valence-electron chi connectivity index (χ1n) is 6.06. The molecule has 0 atom stereocenters. The third kappa shape index (κ3) is 4.24. The fraction of sp³-hybridized carbons (Fsp3) is 0.385. The standard InChI is InChI=1S/C13H15BrN2O2S/c14-11-3-1-10(2-4-11)13(18)15-9-12(17)16-5-7-19-8-6-16/h1-4H,5-9H2,(H,15,18). The van der Waals surface area contributed by atoms with Gasteiger partial charge in [0.05, 0.1) is 6.54 Å². The molecule has 0 unspecified atom stereocenters. The maximum Gasteiger partial charge on any atom is 0.251 e. The summed E-state index contributed by atoms with van der Waals surface area (Å²) in [7, 11) is 0. The van der Waals surface area contributed by atoms with Crippen molar-refractivity contribution in [3.05, 3.63) is 34.3 Å². The van der Waals surface area contributed by atoms with E-state index in [2.05, 4.69) is 21.2 Å². The van der Waals surface area contributed by atoms with Gasteiger partial charge in [-0.15, -0.1) is 0 Å². The van der Waals surface area contributed by atoms with E-state index in [0.717, 1.165) is 29.1 Å². The Balaban J connectivity index is 1.82. The molecule has 1 aromatic carbocycles. The van der Waals surface area contributed by atoms with Crippen molar-refractivity contribution in [2.75, 3.05) is 31.1 Å². The number of nitrogens with one attached hydrogen (secondary N) is 1. The number of nitrogens with zero attached hydrogens (tertiary/aromatic N) is 1. The summed E-state index contributed by atoms with van der Waals surface area (Å²) in [6.07, 6.45) is 0. The third-order valence-corrected chi connectivity index (χ3v) is 4.34. The van der Waals surface area contributed by atoms with Crippen LogP contribution in [0.3, 0.4) is 0 Å². The topological polar surface area (TPSA) is 49.4 Å². The maximum absolute atomic E-state index is 11.9. The highest BCUT2D eigenvalue weighted by atomic mass is 79.9. The molecular weight excluding hydrogens is 328 g/mol. The Kier molecular flexibility index (Phi) is 5.27. The molecule has 1 aromatic rings. The summed E-state index contributed by atoms with van der Waals surface area (Å²) < 4.78 is 0.922. The molecule has 1 heterocycles. The Hall–Kier alpha value is -1.01. The molecule has 1 fully saturated rings. The molecular formula is C13H15BrN2O2S. The first kappa shape index (κ1) is 14.4. The Morgan fingerprint density at radius 3 is 2.47 bits per heavy atom. The zero-order chi connectivity index (χ0) is 13.7. The Morgan fingerprint density at radius 2 is 1.84 bits per heavy atom. The predicted molar refractivity (Wildman–Crippen MR) is 80.4 cm³/mol. The molecule has 1 saturated heterocycles. The number of carbonyl (C=O) groups excluding carboxylic acids is 2. The Morgan fingerprint density at radius 1 is 1.21 bits per heavy atom. The second-order valence-corrected chi connectivity index (χ2v) is 6.32. The van der Waals surface area contributed by atoms with Gasteiger partial charge >= 0.3 is 0 Å². The van der Waals surface area contributed by atoms with Crippen molar-refractivity contribution in [1.29, 1.82) is 0 Å². The van der Waals surface area contributed by atoms with E-state index < -0.39 is 0 Å². The Bertz CT molecular complexity index is 458. The van der Waals surface area contributed by atoms with Crippen LogP contribution in [0, 0.1) is 0 Å². The number of rotatable bonds is 3. The van der Waals surface area contributed by atoms with E-state index in [0.29, 0.717) is 5.56 Å². The highest BCUT2D eigenvalue weighted by molar-refractivity contribution is 9.10. The number of hydrogen-bond donors (Lipinski definition) is 1. The van der Waals surface area contributed by atoms with E-state index in [1.165, 1.54) is 0 Å². The van der Waals surface area contributed by atoms with Gasteiger partial charge in [-0.2, -0.15) is 11.8 Å². The highest BCUT2D eigenvalue weighted by Crippen LogP contribution is 2.11. The van der Waals surface area contributed by atoms with Gasteiger partial charge in [0.2, 0.25) is 5.91 Å². The van der Waals surface area contributed by atoms with E-state index in [9.17, 15) is 9.59 Å². The SMILES string of the molecule is O=C(NCC(=O)N1CCSCC1)c1ccc(Br)cc1. The second kappa shape index (κ2) is 6.96. The van der Waals surface area contributed by atoms with Gasteiger partial charge in [-0.05, 0) is 24.3 Å². The highest BCUT2D eigenvalue weighted by Gasteiger charge is 2.17. The summed E-state index contributed by atoms with van der Waals surface area (Å²) in [6, 6.07) is 7.06. The van der Waals surface area contributed by atoms with Crippen LogP contribution in [0.15, 0.2) is 28.7 Å². The average molecular weight is 343 g/mol. The van der Waals surface area contributed by atoms with Crippen molar-refractivity contribution >= 4 is 39.5 Å². The molecule has 19 heavy (non-hydrogen) atoms. The average Bonchev–Trinajstić information content (AvgIpc) is 2.46. The smallest absolute Gasteiger partial charge is 0.251 e. The zero-order valence-electron chi connectivity index (χ0n) is 10.4. The zero-order valence-corrected chi connectivity index (χ0v) is 12.8. The van der Waals surface area contributed by atoms with Crippen molar-refractivity contribution in [1.82, 2.24) is 10.2 Å². The van der Waals surface area contributed by atoms with Crippen molar-refractivity contribution in [2.45, 2.75) is 0 Å². The number of hydrogen-bond acceptors (Lipinski definition) is 3. The number of halogens is 1. The van der Waals surface area contributed by atoms with Gasteiger partial charge in [-0.1, -0.05) is 15.9 Å². The van der Waals surface area contributed by atoms with Crippen LogP contribution < -0.4 is 5.32 Å². The minimum absolute atomic E-state index is 0.00855. The molecule has 102 valence electrons. The fourth-order valence-electron chi connectivity index (χ4n) is 1.78. The molecule has 0 spiro atoms. The van der Waals surface area contributed by atoms with Crippen LogP contribution in [0.1, 0.15) is 10.4 Å². The summed E-state index contributed by atoms with van der Waals surface area (Å²) in [4.78, 5) is 25.5. The molecule has 2 rings (SSSR count). The van der Waals surface area contributed by atoms with Crippen LogP contribution in [-0.2, 0) is 4.79 Å². The summed E-state index contributed by atoms with van der Waals surface area (Å²) >= 11 is 5.17. The van der Waals surface area contributed by atoms with Crippen molar-refractivity contribution in [3.8, 4) is 0 Å². The molecule has 0 saturated carbocycles. The lowest BCUT2D eigenvalue weighted by atomic mass is 10.2. The normalized spacial score (nSPS) is 15.1. The van der Waals surface area contributed by atoms with Gasteiger partial charge < -0.3 is 10.2 Å². The lowest BCUT2D eigenvalue weighted by Crippen LogP contribution is -2.43. The largest absolute Gasteiger partial charge is 0.343 e. The lowest BCUT2D eigenvalue weighted by Gasteiger charge is -2.26. The van der Waals surface area contributed by atoms with E-state index >= 15 is 0 Å². The first-order chi connectivity index (χ1) is 9.16. The summed E-state index contributed by atoms with van der Waals surface area (Å²) in [5, 5.41) is 2.66. The van der Waals surface area contributed by atoms with Gasteiger partial charge in [0, 0.05) is 34.6 Å². The molecule has 6 heteroatoms. The molecule has 4 nitrogen and oxygen atoms in total. The molecule has 1 aliphatic heterocycles. The maximum atomic E-state index is 11.9. The van der Waals surface area contributed by atoms with Crippen molar-refractivity contribution in [2.24, 2.45) is 0 Å². The monoisotopic (exact) mass is 342 g/mol.